The summed E-state index contributed by atoms with van der Waals surface area (Å²) in [6.07, 6.45) is 0.827. The molecule has 1 aromatic heterocycles. The Balaban J connectivity index is 2.53. The van der Waals surface area contributed by atoms with Gasteiger partial charge in [-0.1, -0.05) is 0 Å². The summed E-state index contributed by atoms with van der Waals surface area (Å²) in [5.41, 5.74) is 0. The number of carbonyl (C=O) groups is 2. The van der Waals surface area contributed by atoms with Crippen LogP contribution >= 0.6 is 11.6 Å². The van der Waals surface area contributed by atoms with E-state index in [9.17, 15) is 9.59 Å². The van der Waals surface area contributed by atoms with Crippen LogP contribution in [0.1, 0.15) is 22.7 Å². The minimum atomic E-state index is -0.247. The minimum Gasteiger partial charge on any atom is -0.458 e. The van der Waals surface area contributed by atoms with Gasteiger partial charge in [-0.15, -0.1) is 11.6 Å². The van der Waals surface area contributed by atoms with Crippen molar-refractivity contribution in [1.82, 2.24) is 5.32 Å². The monoisotopic (exact) mass is 229 g/mol. The summed E-state index contributed by atoms with van der Waals surface area (Å²) >= 11 is 5.37. The van der Waals surface area contributed by atoms with Gasteiger partial charge in [0.15, 0.2) is 5.76 Å². The smallest absolute Gasteiger partial charge is 0.220 e. The van der Waals surface area contributed by atoms with Gasteiger partial charge in [0.1, 0.15) is 5.76 Å². The van der Waals surface area contributed by atoms with Crippen LogP contribution in [-0.2, 0) is 11.2 Å². The van der Waals surface area contributed by atoms with E-state index in [-0.39, 0.29) is 23.3 Å². The number of amides is 1. The molecule has 0 unspecified atom stereocenters. The highest BCUT2D eigenvalue weighted by Gasteiger charge is 2.10. The summed E-state index contributed by atoms with van der Waals surface area (Å²) < 4.78 is 5.22. The van der Waals surface area contributed by atoms with Crippen LogP contribution in [0.2, 0.25) is 0 Å². The molecule has 1 aromatic rings. The van der Waals surface area contributed by atoms with E-state index in [4.69, 9.17) is 16.0 Å². The molecular weight excluding hydrogens is 218 g/mol. The number of furan rings is 1. The topological polar surface area (TPSA) is 59.3 Å². The number of halogens is 1. The maximum atomic E-state index is 11.1. The Morgan fingerprint density at radius 1 is 1.47 bits per heavy atom. The molecule has 0 saturated heterocycles. The third kappa shape index (κ3) is 3.40. The first kappa shape index (κ1) is 11.8. The second-order valence-corrected chi connectivity index (χ2v) is 3.26. The van der Waals surface area contributed by atoms with Crippen LogP contribution < -0.4 is 5.32 Å². The van der Waals surface area contributed by atoms with Crippen LogP contribution in [0.3, 0.4) is 0 Å². The van der Waals surface area contributed by atoms with Crippen LogP contribution in [0.5, 0.6) is 0 Å². The summed E-state index contributed by atoms with van der Waals surface area (Å²) in [5.74, 6) is 0.464. The number of aryl methyl sites for hydroxylation is 1. The molecule has 0 aliphatic heterocycles. The van der Waals surface area contributed by atoms with Crippen molar-refractivity contribution in [3.8, 4) is 0 Å². The summed E-state index contributed by atoms with van der Waals surface area (Å²) in [6, 6.07) is 3.26. The number of Topliss-reactive ketones (excluding diaryl/α,β-unsaturated/α-hetero) is 1. The number of hydrogen-bond acceptors (Lipinski definition) is 3. The number of ketones is 1. The van der Waals surface area contributed by atoms with Crippen molar-refractivity contribution in [2.75, 3.05) is 12.9 Å². The molecule has 15 heavy (non-hydrogen) atoms. The van der Waals surface area contributed by atoms with Crippen molar-refractivity contribution in [1.29, 1.82) is 0 Å². The number of carbonyl (C=O) groups excluding carboxylic acids is 2. The Hall–Kier alpha value is -1.29. The first-order valence-corrected chi connectivity index (χ1v) is 5.09. The summed E-state index contributed by atoms with van der Waals surface area (Å²) in [5, 5.41) is 2.51. The fourth-order valence-corrected chi connectivity index (χ4v) is 1.22. The van der Waals surface area contributed by atoms with E-state index in [0.29, 0.717) is 18.6 Å². The maximum Gasteiger partial charge on any atom is 0.220 e. The summed E-state index contributed by atoms with van der Waals surface area (Å²) in [7, 11) is 1.58. The Labute approximate surface area is 92.6 Å². The number of alkyl halides is 1. The quantitative estimate of drug-likeness (QED) is 0.613. The first-order chi connectivity index (χ1) is 7.17. The highest BCUT2D eigenvalue weighted by atomic mass is 35.5. The highest BCUT2D eigenvalue weighted by molar-refractivity contribution is 6.30. The highest BCUT2D eigenvalue weighted by Crippen LogP contribution is 2.11. The van der Waals surface area contributed by atoms with Gasteiger partial charge >= 0.3 is 0 Å². The lowest BCUT2D eigenvalue weighted by molar-refractivity contribution is -0.120. The zero-order valence-electron chi connectivity index (χ0n) is 8.38. The Morgan fingerprint density at radius 2 is 2.20 bits per heavy atom. The van der Waals surface area contributed by atoms with E-state index in [1.165, 1.54) is 0 Å². The average molecular weight is 230 g/mol. The van der Waals surface area contributed by atoms with Gasteiger partial charge in [-0.25, -0.2) is 0 Å². The first-order valence-electron chi connectivity index (χ1n) is 4.56. The molecule has 82 valence electrons. The molecule has 0 fully saturated rings. The molecule has 0 aromatic carbocycles. The third-order valence-corrected chi connectivity index (χ3v) is 2.18. The third-order valence-electron chi connectivity index (χ3n) is 1.94. The molecule has 0 atom stereocenters. The van der Waals surface area contributed by atoms with Crippen molar-refractivity contribution in [2.45, 2.75) is 12.8 Å². The van der Waals surface area contributed by atoms with Gasteiger partial charge in [0.05, 0.1) is 5.88 Å². The molecule has 0 spiro atoms. The molecule has 1 amide bonds. The van der Waals surface area contributed by atoms with Crippen LogP contribution in [0.4, 0.5) is 0 Å². The van der Waals surface area contributed by atoms with Gasteiger partial charge in [-0.2, -0.15) is 0 Å². The fourth-order valence-electron chi connectivity index (χ4n) is 1.09. The number of rotatable bonds is 5. The van der Waals surface area contributed by atoms with E-state index < -0.39 is 0 Å². The van der Waals surface area contributed by atoms with Crippen LogP contribution in [0.25, 0.3) is 0 Å². The van der Waals surface area contributed by atoms with Crippen LogP contribution in [-0.4, -0.2) is 24.6 Å². The lowest BCUT2D eigenvalue weighted by atomic mass is 10.2. The van der Waals surface area contributed by atoms with Gasteiger partial charge in [-0.05, 0) is 12.1 Å². The fraction of sp³-hybridized carbons (Fsp3) is 0.400. The van der Waals surface area contributed by atoms with Crippen molar-refractivity contribution < 1.29 is 14.0 Å². The molecule has 0 saturated carbocycles. The van der Waals surface area contributed by atoms with Crippen molar-refractivity contribution in [3.63, 3.8) is 0 Å². The number of nitrogens with one attached hydrogen (secondary N) is 1. The van der Waals surface area contributed by atoms with E-state index in [1.807, 2.05) is 0 Å². The minimum absolute atomic E-state index is 0.0587. The van der Waals surface area contributed by atoms with E-state index >= 15 is 0 Å². The molecule has 5 heteroatoms. The zero-order chi connectivity index (χ0) is 11.3. The number of hydrogen-bond donors (Lipinski definition) is 1. The normalized spacial score (nSPS) is 10.0. The van der Waals surface area contributed by atoms with E-state index in [1.54, 1.807) is 19.2 Å². The molecule has 0 radical (unpaired) electrons. The Kier molecular flexibility index (Phi) is 4.37. The van der Waals surface area contributed by atoms with Crippen molar-refractivity contribution in [2.24, 2.45) is 0 Å². The van der Waals surface area contributed by atoms with Gasteiger partial charge in [0, 0.05) is 19.9 Å². The predicted octanol–water partition coefficient (Wildman–Crippen LogP) is 1.38. The van der Waals surface area contributed by atoms with Gasteiger partial charge in [0.25, 0.3) is 0 Å². The summed E-state index contributed by atoms with van der Waals surface area (Å²) in [6.45, 7) is 0. The largest absolute Gasteiger partial charge is 0.458 e. The Morgan fingerprint density at radius 3 is 2.80 bits per heavy atom. The van der Waals surface area contributed by atoms with Gasteiger partial charge < -0.3 is 9.73 Å². The second-order valence-electron chi connectivity index (χ2n) is 3.00. The second kappa shape index (κ2) is 5.56. The standard InChI is InChI=1S/C10H12ClNO3/c1-12-10(14)5-3-7-2-4-9(15-7)8(13)6-11/h2,4H,3,5-6H2,1H3,(H,12,14). The SMILES string of the molecule is CNC(=O)CCc1ccc(C(=O)CCl)o1. The van der Waals surface area contributed by atoms with E-state index in [2.05, 4.69) is 5.32 Å². The van der Waals surface area contributed by atoms with Crippen LogP contribution in [0.15, 0.2) is 16.5 Å². The average Bonchev–Trinajstić information content (AvgIpc) is 2.73. The van der Waals surface area contributed by atoms with Crippen molar-refractivity contribution in [3.05, 3.63) is 23.7 Å². The van der Waals surface area contributed by atoms with E-state index in [0.717, 1.165) is 0 Å². The molecule has 0 aliphatic rings. The predicted molar refractivity (Wildman–Crippen MR) is 56.1 cm³/mol. The molecule has 0 aliphatic carbocycles. The Bertz CT molecular complexity index is 359. The van der Waals surface area contributed by atoms with Gasteiger partial charge in [0.2, 0.25) is 11.7 Å². The molecule has 0 bridgehead atoms. The maximum absolute atomic E-state index is 11.1. The summed E-state index contributed by atoms with van der Waals surface area (Å²) in [4.78, 5) is 22.1. The molecule has 4 nitrogen and oxygen atoms in total. The molecule has 1 N–H and O–H groups in total. The lowest BCUT2D eigenvalue weighted by Gasteiger charge is -1.96. The van der Waals surface area contributed by atoms with Gasteiger partial charge in [-0.3, -0.25) is 9.59 Å². The van der Waals surface area contributed by atoms with Crippen LogP contribution in [0, 0.1) is 0 Å². The van der Waals surface area contributed by atoms with Crippen molar-refractivity contribution >= 4 is 23.3 Å². The lowest BCUT2D eigenvalue weighted by Crippen LogP contribution is -2.17. The molecule has 1 heterocycles. The zero-order valence-corrected chi connectivity index (χ0v) is 9.13. The molecular formula is C10H12ClNO3. The molecule has 1 rings (SSSR count).